The lowest BCUT2D eigenvalue weighted by Gasteiger charge is -2.36. The summed E-state index contributed by atoms with van der Waals surface area (Å²) in [4.78, 5) is 24.7. The van der Waals surface area contributed by atoms with Crippen molar-refractivity contribution >= 4 is 11.9 Å². The van der Waals surface area contributed by atoms with E-state index < -0.39 is 11.9 Å². The first-order valence-corrected chi connectivity index (χ1v) is 6.04. The van der Waals surface area contributed by atoms with E-state index in [0.29, 0.717) is 12.3 Å². The summed E-state index contributed by atoms with van der Waals surface area (Å²) in [6.07, 6.45) is 2.61. The highest BCUT2D eigenvalue weighted by Crippen LogP contribution is 2.41. The summed E-state index contributed by atoms with van der Waals surface area (Å²) in [5.74, 6) is -0.746. The van der Waals surface area contributed by atoms with Crippen molar-refractivity contribution in [1.29, 1.82) is 0 Å². The molecule has 90 valence electrons. The molecule has 1 aliphatic heterocycles. The van der Waals surface area contributed by atoms with E-state index in [1.54, 1.807) is 0 Å². The topological polar surface area (TPSA) is 57.6 Å². The summed E-state index contributed by atoms with van der Waals surface area (Å²) >= 11 is 0. The Balaban J connectivity index is 1.93. The zero-order chi connectivity index (χ0) is 11.9. The van der Waals surface area contributed by atoms with E-state index >= 15 is 0 Å². The third kappa shape index (κ3) is 2.06. The number of hydrogen-bond donors (Lipinski definition) is 1. The van der Waals surface area contributed by atoms with Crippen LogP contribution in [0.3, 0.4) is 0 Å². The van der Waals surface area contributed by atoms with Crippen LogP contribution in [0.25, 0.3) is 0 Å². The molecule has 2 unspecified atom stereocenters. The van der Waals surface area contributed by atoms with Gasteiger partial charge in [-0.05, 0) is 32.1 Å². The molecular weight excluding hydrogens is 206 g/mol. The summed E-state index contributed by atoms with van der Waals surface area (Å²) in [6.45, 7) is 5.06. The molecule has 4 heteroatoms. The van der Waals surface area contributed by atoms with Gasteiger partial charge >= 0.3 is 5.97 Å². The Morgan fingerprint density at radius 1 is 1.19 bits per heavy atom. The fraction of sp³-hybridized carbons (Fsp3) is 0.833. The second kappa shape index (κ2) is 4.07. The summed E-state index contributed by atoms with van der Waals surface area (Å²) in [7, 11) is 0. The van der Waals surface area contributed by atoms with Gasteiger partial charge in [-0.25, -0.2) is 0 Å². The van der Waals surface area contributed by atoms with Gasteiger partial charge in [0.05, 0.1) is 11.8 Å². The highest BCUT2D eigenvalue weighted by atomic mass is 16.4. The Morgan fingerprint density at radius 2 is 1.88 bits per heavy atom. The third-order valence-corrected chi connectivity index (χ3v) is 3.85. The van der Waals surface area contributed by atoms with Gasteiger partial charge in [-0.2, -0.15) is 0 Å². The zero-order valence-corrected chi connectivity index (χ0v) is 9.85. The summed E-state index contributed by atoms with van der Waals surface area (Å²) in [6, 6.07) is 0.270. The number of aliphatic carboxylic acids is 1. The summed E-state index contributed by atoms with van der Waals surface area (Å²) in [5.41, 5.74) is 0. The van der Waals surface area contributed by atoms with Crippen molar-refractivity contribution in [2.24, 2.45) is 17.8 Å². The lowest BCUT2D eigenvalue weighted by Crippen LogP contribution is -2.45. The lowest BCUT2D eigenvalue weighted by atomic mass is 9.93. The van der Waals surface area contributed by atoms with E-state index in [0.717, 1.165) is 19.4 Å². The molecule has 1 saturated carbocycles. The van der Waals surface area contributed by atoms with Crippen molar-refractivity contribution in [3.63, 3.8) is 0 Å². The van der Waals surface area contributed by atoms with Crippen LogP contribution in [0.4, 0.5) is 0 Å². The first-order chi connectivity index (χ1) is 7.50. The number of rotatable bonds is 2. The first-order valence-electron chi connectivity index (χ1n) is 6.04. The van der Waals surface area contributed by atoms with Crippen LogP contribution >= 0.6 is 0 Å². The number of nitrogens with zero attached hydrogens (tertiary/aromatic N) is 1. The molecule has 1 amide bonds. The van der Waals surface area contributed by atoms with Crippen LogP contribution in [-0.2, 0) is 9.59 Å². The minimum Gasteiger partial charge on any atom is -0.481 e. The number of likely N-dealkylation sites (tertiary alicyclic amines) is 1. The molecule has 0 aromatic carbocycles. The quantitative estimate of drug-likeness (QED) is 0.771. The zero-order valence-electron chi connectivity index (χ0n) is 9.85. The average Bonchev–Trinajstić information content (AvgIpc) is 2.96. The van der Waals surface area contributed by atoms with Crippen molar-refractivity contribution < 1.29 is 14.7 Å². The molecule has 0 aromatic heterocycles. The van der Waals surface area contributed by atoms with Gasteiger partial charge < -0.3 is 10.0 Å². The SMILES string of the molecule is CC1CCN(C(=O)[C@@H]2C[C@@H]2C(=O)O)C(C)C1. The van der Waals surface area contributed by atoms with Crippen LogP contribution in [0.1, 0.15) is 33.1 Å². The van der Waals surface area contributed by atoms with Gasteiger partial charge in [0.25, 0.3) is 0 Å². The maximum atomic E-state index is 12.1. The van der Waals surface area contributed by atoms with Gasteiger partial charge in [0.2, 0.25) is 5.91 Å². The molecule has 4 nitrogen and oxygen atoms in total. The van der Waals surface area contributed by atoms with Crippen LogP contribution in [0, 0.1) is 17.8 Å². The monoisotopic (exact) mass is 225 g/mol. The Bertz CT molecular complexity index is 315. The maximum absolute atomic E-state index is 12.1. The van der Waals surface area contributed by atoms with Gasteiger partial charge in [-0.1, -0.05) is 6.92 Å². The van der Waals surface area contributed by atoms with Crippen LogP contribution in [-0.4, -0.2) is 34.5 Å². The van der Waals surface area contributed by atoms with Crippen molar-refractivity contribution in [2.75, 3.05) is 6.54 Å². The fourth-order valence-electron chi connectivity index (χ4n) is 2.69. The molecule has 0 spiro atoms. The van der Waals surface area contributed by atoms with Crippen molar-refractivity contribution in [3.8, 4) is 0 Å². The highest BCUT2D eigenvalue weighted by molar-refractivity contribution is 5.89. The minimum atomic E-state index is -0.823. The Kier molecular flexibility index (Phi) is 2.91. The van der Waals surface area contributed by atoms with Gasteiger partial charge in [0.1, 0.15) is 0 Å². The fourth-order valence-corrected chi connectivity index (χ4v) is 2.69. The normalized spacial score (nSPS) is 38.2. The predicted octanol–water partition coefficient (Wildman–Crippen LogP) is 1.35. The second-order valence-electron chi connectivity index (χ2n) is 5.30. The maximum Gasteiger partial charge on any atom is 0.307 e. The van der Waals surface area contributed by atoms with Gasteiger partial charge in [0.15, 0.2) is 0 Å². The van der Waals surface area contributed by atoms with Crippen LogP contribution in [0.2, 0.25) is 0 Å². The molecule has 4 atom stereocenters. The predicted molar refractivity (Wildman–Crippen MR) is 58.8 cm³/mol. The van der Waals surface area contributed by atoms with Gasteiger partial charge in [-0.3, -0.25) is 9.59 Å². The number of carbonyl (C=O) groups excluding carboxylic acids is 1. The highest BCUT2D eigenvalue weighted by Gasteiger charge is 2.50. The Hall–Kier alpha value is -1.06. The molecule has 1 aliphatic carbocycles. The Morgan fingerprint density at radius 3 is 2.38 bits per heavy atom. The van der Waals surface area contributed by atoms with E-state index in [1.165, 1.54) is 0 Å². The summed E-state index contributed by atoms with van der Waals surface area (Å²) in [5, 5.41) is 8.81. The number of hydrogen-bond acceptors (Lipinski definition) is 2. The average molecular weight is 225 g/mol. The third-order valence-electron chi connectivity index (χ3n) is 3.85. The summed E-state index contributed by atoms with van der Waals surface area (Å²) < 4.78 is 0. The molecule has 16 heavy (non-hydrogen) atoms. The van der Waals surface area contributed by atoms with E-state index in [2.05, 4.69) is 13.8 Å². The van der Waals surface area contributed by atoms with E-state index in [9.17, 15) is 9.59 Å². The largest absolute Gasteiger partial charge is 0.481 e. The van der Waals surface area contributed by atoms with Crippen molar-refractivity contribution in [3.05, 3.63) is 0 Å². The lowest BCUT2D eigenvalue weighted by molar-refractivity contribution is -0.143. The molecule has 1 heterocycles. The molecule has 1 saturated heterocycles. The number of piperidine rings is 1. The molecule has 0 bridgehead atoms. The molecule has 2 fully saturated rings. The van der Waals surface area contributed by atoms with Crippen molar-refractivity contribution in [2.45, 2.75) is 39.2 Å². The van der Waals surface area contributed by atoms with E-state index in [1.807, 2.05) is 4.90 Å². The first kappa shape index (κ1) is 11.4. The Labute approximate surface area is 95.6 Å². The number of amides is 1. The van der Waals surface area contributed by atoms with Gasteiger partial charge in [-0.15, -0.1) is 0 Å². The minimum absolute atomic E-state index is 0.0619. The van der Waals surface area contributed by atoms with E-state index in [4.69, 9.17) is 5.11 Å². The second-order valence-corrected chi connectivity index (χ2v) is 5.30. The van der Waals surface area contributed by atoms with E-state index in [-0.39, 0.29) is 17.9 Å². The molecule has 2 aliphatic rings. The number of carboxylic acids is 1. The van der Waals surface area contributed by atoms with Gasteiger partial charge in [0, 0.05) is 12.6 Å². The molecule has 2 rings (SSSR count). The standard InChI is InChI=1S/C12H19NO3/c1-7-3-4-13(8(2)5-7)11(14)9-6-10(9)12(15)16/h7-10H,3-6H2,1-2H3,(H,15,16)/t7?,8?,9-,10+/m1/s1. The number of carboxylic acid groups (broad SMARTS) is 1. The van der Waals surface area contributed by atoms with Crippen LogP contribution < -0.4 is 0 Å². The van der Waals surface area contributed by atoms with Crippen molar-refractivity contribution in [1.82, 2.24) is 4.90 Å². The smallest absolute Gasteiger partial charge is 0.307 e. The molecule has 1 N–H and O–H groups in total. The molecular formula is C12H19NO3. The van der Waals surface area contributed by atoms with Crippen LogP contribution in [0.15, 0.2) is 0 Å². The molecule has 0 radical (unpaired) electrons. The number of carbonyl (C=O) groups is 2. The van der Waals surface area contributed by atoms with Crippen LogP contribution in [0.5, 0.6) is 0 Å². The molecule has 0 aromatic rings.